The molecule has 120 valence electrons. The molecular formula is C17H17ClN2O3. The molecule has 23 heavy (non-hydrogen) atoms. The number of aliphatic hydroxyl groups excluding tert-OH is 2. The molecule has 3 rings (SSSR count). The SMILES string of the molecule is COc1ccc2nc3cc(Cl)ccc3c(NC[C@@H](O)CO)c2c1. The van der Waals surface area contributed by atoms with Gasteiger partial charge in [-0.15, -0.1) is 0 Å². The van der Waals surface area contributed by atoms with Gasteiger partial charge in [0.1, 0.15) is 5.75 Å². The van der Waals surface area contributed by atoms with Crippen molar-refractivity contribution in [3.05, 3.63) is 41.4 Å². The average molecular weight is 333 g/mol. The van der Waals surface area contributed by atoms with E-state index in [0.29, 0.717) is 5.02 Å². The van der Waals surface area contributed by atoms with Gasteiger partial charge in [0.15, 0.2) is 0 Å². The van der Waals surface area contributed by atoms with Gasteiger partial charge in [0.2, 0.25) is 0 Å². The number of fused-ring (bicyclic) bond motifs is 2. The minimum absolute atomic E-state index is 0.227. The lowest BCUT2D eigenvalue weighted by Crippen LogP contribution is -2.23. The second kappa shape index (κ2) is 6.58. The predicted octanol–water partition coefficient (Wildman–Crippen LogP) is 2.82. The van der Waals surface area contributed by atoms with Crippen molar-refractivity contribution >= 4 is 39.1 Å². The summed E-state index contributed by atoms with van der Waals surface area (Å²) in [5.41, 5.74) is 2.38. The van der Waals surface area contributed by atoms with E-state index < -0.39 is 6.10 Å². The molecule has 0 unspecified atom stereocenters. The highest BCUT2D eigenvalue weighted by Gasteiger charge is 2.12. The molecule has 0 saturated heterocycles. The smallest absolute Gasteiger partial charge is 0.119 e. The van der Waals surface area contributed by atoms with Crippen LogP contribution in [0.15, 0.2) is 36.4 Å². The molecule has 0 aliphatic heterocycles. The predicted molar refractivity (Wildman–Crippen MR) is 92.4 cm³/mol. The minimum atomic E-state index is -0.842. The highest BCUT2D eigenvalue weighted by atomic mass is 35.5. The molecule has 0 bridgehead atoms. The van der Waals surface area contributed by atoms with Gasteiger partial charge in [-0.25, -0.2) is 4.98 Å². The number of methoxy groups -OCH3 is 1. The lowest BCUT2D eigenvalue weighted by molar-refractivity contribution is 0.105. The van der Waals surface area contributed by atoms with Crippen molar-refractivity contribution in [3.63, 3.8) is 0 Å². The van der Waals surface area contributed by atoms with Gasteiger partial charge in [-0.3, -0.25) is 0 Å². The van der Waals surface area contributed by atoms with Crippen molar-refractivity contribution in [2.45, 2.75) is 6.10 Å². The maximum atomic E-state index is 9.63. The number of hydrogen-bond donors (Lipinski definition) is 3. The third-order valence-corrected chi connectivity index (χ3v) is 3.90. The van der Waals surface area contributed by atoms with Crippen LogP contribution >= 0.6 is 11.6 Å². The molecule has 0 fully saturated rings. The van der Waals surface area contributed by atoms with E-state index in [-0.39, 0.29) is 13.2 Å². The van der Waals surface area contributed by atoms with Crippen LogP contribution < -0.4 is 10.1 Å². The zero-order valence-corrected chi connectivity index (χ0v) is 13.3. The van der Waals surface area contributed by atoms with Crippen LogP contribution in [0.1, 0.15) is 0 Å². The fourth-order valence-corrected chi connectivity index (χ4v) is 2.66. The number of anilines is 1. The van der Waals surface area contributed by atoms with Crippen molar-refractivity contribution in [2.24, 2.45) is 0 Å². The van der Waals surface area contributed by atoms with Gasteiger partial charge in [-0.2, -0.15) is 0 Å². The van der Waals surface area contributed by atoms with Crippen LogP contribution in [-0.4, -0.2) is 41.6 Å². The van der Waals surface area contributed by atoms with E-state index in [0.717, 1.165) is 33.2 Å². The van der Waals surface area contributed by atoms with Crippen LogP contribution in [0.5, 0.6) is 5.75 Å². The van der Waals surface area contributed by atoms with Gasteiger partial charge in [-0.05, 0) is 36.4 Å². The average Bonchev–Trinajstić information content (AvgIpc) is 2.57. The monoisotopic (exact) mass is 332 g/mol. The fraction of sp³-hybridized carbons (Fsp3) is 0.235. The lowest BCUT2D eigenvalue weighted by Gasteiger charge is -2.16. The Morgan fingerprint density at radius 2 is 2.00 bits per heavy atom. The summed E-state index contributed by atoms with van der Waals surface area (Å²) in [6.07, 6.45) is -0.842. The quantitative estimate of drug-likeness (QED) is 0.626. The Hall–Kier alpha value is -2.08. The summed E-state index contributed by atoms with van der Waals surface area (Å²) in [4.78, 5) is 4.63. The number of nitrogens with zero attached hydrogens (tertiary/aromatic N) is 1. The summed E-state index contributed by atoms with van der Waals surface area (Å²) in [5.74, 6) is 0.721. The largest absolute Gasteiger partial charge is 0.497 e. The molecular weight excluding hydrogens is 316 g/mol. The number of nitrogens with one attached hydrogen (secondary N) is 1. The number of rotatable bonds is 5. The number of ether oxygens (including phenoxy) is 1. The molecule has 3 N–H and O–H groups in total. The van der Waals surface area contributed by atoms with E-state index >= 15 is 0 Å². The van der Waals surface area contributed by atoms with Crippen LogP contribution in [0.4, 0.5) is 5.69 Å². The number of aliphatic hydroxyl groups is 2. The van der Waals surface area contributed by atoms with Crippen LogP contribution in [0.25, 0.3) is 21.8 Å². The molecule has 0 aliphatic carbocycles. The Balaban J connectivity index is 2.22. The van der Waals surface area contributed by atoms with Crippen LogP contribution in [0.2, 0.25) is 5.02 Å². The molecule has 1 atom stereocenters. The summed E-state index contributed by atoms with van der Waals surface area (Å²) >= 11 is 6.07. The molecule has 0 amide bonds. The van der Waals surface area contributed by atoms with E-state index in [9.17, 15) is 5.11 Å². The molecule has 1 heterocycles. The van der Waals surface area contributed by atoms with E-state index in [1.807, 2.05) is 24.3 Å². The highest BCUT2D eigenvalue weighted by molar-refractivity contribution is 6.31. The summed E-state index contributed by atoms with van der Waals surface area (Å²) in [7, 11) is 1.61. The molecule has 6 heteroatoms. The van der Waals surface area contributed by atoms with Crippen molar-refractivity contribution in [3.8, 4) is 5.75 Å². The van der Waals surface area contributed by atoms with Crippen LogP contribution in [0, 0.1) is 0 Å². The number of halogens is 1. The fourth-order valence-electron chi connectivity index (χ4n) is 2.50. The molecule has 3 aromatic rings. The third kappa shape index (κ3) is 3.17. The zero-order chi connectivity index (χ0) is 16.4. The second-order valence-electron chi connectivity index (χ2n) is 5.25. The summed E-state index contributed by atoms with van der Waals surface area (Å²) in [6.45, 7) is -0.0757. The lowest BCUT2D eigenvalue weighted by atomic mass is 10.1. The first-order valence-electron chi connectivity index (χ1n) is 7.22. The molecule has 0 aliphatic rings. The van der Waals surface area contributed by atoms with Crippen LogP contribution in [-0.2, 0) is 0 Å². The third-order valence-electron chi connectivity index (χ3n) is 3.67. The van der Waals surface area contributed by atoms with Crippen molar-refractivity contribution < 1.29 is 14.9 Å². The minimum Gasteiger partial charge on any atom is -0.497 e. The molecule has 5 nitrogen and oxygen atoms in total. The number of pyridine rings is 1. The summed E-state index contributed by atoms with van der Waals surface area (Å²) in [6, 6.07) is 11.1. The standard InChI is InChI=1S/C17H17ClN2O3/c1-23-12-3-5-15-14(7-12)17(19-8-11(22)9-21)13-4-2-10(18)6-16(13)20-15/h2-7,11,21-22H,8-9H2,1H3,(H,19,20)/t11-/m1/s1. The summed E-state index contributed by atoms with van der Waals surface area (Å²) in [5, 5.41) is 24.2. The Morgan fingerprint density at radius 1 is 1.17 bits per heavy atom. The van der Waals surface area contributed by atoms with Crippen molar-refractivity contribution in [1.29, 1.82) is 0 Å². The van der Waals surface area contributed by atoms with E-state index in [2.05, 4.69) is 10.3 Å². The maximum Gasteiger partial charge on any atom is 0.119 e. The Kier molecular flexibility index (Phi) is 4.52. The molecule has 0 radical (unpaired) electrons. The van der Waals surface area contributed by atoms with Gasteiger partial charge >= 0.3 is 0 Å². The summed E-state index contributed by atoms with van der Waals surface area (Å²) < 4.78 is 5.29. The van der Waals surface area contributed by atoms with E-state index in [4.69, 9.17) is 21.4 Å². The molecule has 0 spiro atoms. The van der Waals surface area contributed by atoms with Crippen LogP contribution in [0.3, 0.4) is 0 Å². The first-order valence-corrected chi connectivity index (χ1v) is 7.60. The molecule has 2 aromatic carbocycles. The van der Waals surface area contributed by atoms with E-state index in [1.165, 1.54) is 0 Å². The van der Waals surface area contributed by atoms with Crippen molar-refractivity contribution in [2.75, 3.05) is 25.6 Å². The normalized spacial score (nSPS) is 12.5. The first kappa shape index (κ1) is 15.8. The maximum absolute atomic E-state index is 9.63. The van der Waals surface area contributed by atoms with E-state index in [1.54, 1.807) is 19.2 Å². The Bertz CT molecular complexity index is 854. The number of benzene rings is 2. The molecule has 0 saturated carbocycles. The topological polar surface area (TPSA) is 74.6 Å². The Morgan fingerprint density at radius 3 is 2.74 bits per heavy atom. The van der Waals surface area contributed by atoms with Gasteiger partial charge in [0.25, 0.3) is 0 Å². The zero-order valence-electron chi connectivity index (χ0n) is 12.6. The Labute approximate surface area is 138 Å². The van der Waals surface area contributed by atoms with Gasteiger partial charge in [0.05, 0.1) is 36.5 Å². The second-order valence-corrected chi connectivity index (χ2v) is 5.69. The van der Waals surface area contributed by atoms with Gasteiger partial charge in [-0.1, -0.05) is 11.6 Å². The first-order chi connectivity index (χ1) is 11.1. The number of hydrogen-bond acceptors (Lipinski definition) is 5. The van der Waals surface area contributed by atoms with Crippen molar-refractivity contribution in [1.82, 2.24) is 4.98 Å². The van der Waals surface area contributed by atoms with Gasteiger partial charge in [0, 0.05) is 22.3 Å². The highest BCUT2D eigenvalue weighted by Crippen LogP contribution is 2.34. The number of aromatic nitrogens is 1. The molecule has 1 aromatic heterocycles. The van der Waals surface area contributed by atoms with Gasteiger partial charge < -0.3 is 20.3 Å².